The molecule has 0 radical (unpaired) electrons. The maximum atomic E-state index is 12.7. The second-order valence-electron chi connectivity index (χ2n) is 7.18. The molecular formula is C18H28N4O2. The fraction of sp³-hybridized carbons (Fsp3) is 0.667. The zero-order chi connectivity index (χ0) is 17.3. The minimum atomic E-state index is 0.0818. The van der Waals surface area contributed by atoms with Gasteiger partial charge in [0.15, 0.2) is 0 Å². The number of amides is 1. The van der Waals surface area contributed by atoms with Crippen LogP contribution in [0.4, 0.5) is 5.82 Å². The number of hydrogen-bond donors (Lipinski definition) is 0. The summed E-state index contributed by atoms with van der Waals surface area (Å²) in [7, 11) is 2.10. The maximum absolute atomic E-state index is 12.7. The number of aromatic nitrogens is 1. The summed E-state index contributed by atoms with van der Waals surface area (Å²) in [5.74, 6) is 0.998. The molecule has 0 aliphatic carbocycles. The highest BCUT2D eigenvalue weighted by Gasteiger charge is 2.27. The predicted octanol–water partition coefficient (Wildman–Crippen LogP) is 1.47. The van der Waals surface area contributed by atoms with Crippen LogP contribution in [-0.4, -0.2) is 78.7 Å². The van der Waals surface area contributed by atoms with Gasteiger partial charge in [-0.2, -0.15) is 0 Å². The summed E-state index contributed by atoms with van der Waals surface area (Å²) in [6.07, 6.45) is 2.11. The summed E-state index contributed by atoms with van der Waals surface area (Å²) in [5.41, 5.74) is 0.671. The van der Waals surface area contributed by atoms with Crippen molar-refractivity contribution in [2.75, 3.05) is 44.7 Å². The minimum absolute atomic E-state index is 0.0818. The first-order chi connectivity index (χ1) is 11.4. The van der Waals surface area contributed by atoms with Gasteiger partial charge in [0.2, 0.25) is 0 Å². The quantitative estimate of drug-likeness (QED) is 0.821. The van der Waals surface area contributed by atoms with Crippen molar-refractivity contribution in [3.8, 4) is 0 Å². The lowest BCUT2D eigenvalue weighted by molar-refractivity contribution is -0.00546. The van der Waals surface area contributed by atoms with E-state index in [0.717, 1.165) is 38.5 Å². The molecule has 2 aliphatic rings. The van der Waals surface area contributed by atoms with E-state index in [0.29, 0.717) is 5.56 Å². The SMILES string of the molecule is C[C@@H]1CN(c2ccc(C(=O)N3CCN(C)C[C@H]3C)cn2)C[C@@H](C)O1. The fourth-order valence-corrected chi connectivity index (χ4v) is 3.67. The molecule has 1 amide bonds. The molecule has 0 aromatic carbocycles. The molecule has 6 nitrogen and oxygen atoms in total. The van der Waals surface area contributed by atoms with Crippen LogP contribution >= 0.6 is 0 Å². The van der Waals surface area contributed by atoms with Gasteiger partial charge < -0.3 is 19.4 Å². The second kappa shape index (κ2) is 7.07. The summed E-state index contributed by atoms with van der Waals surface area (Å²) in [4.78, 5) is 23.7. The highest BCUT2D eigenvalue weighted by Crippen LogP contribution is 2.19. The van der Waals surface area contributed by atoms with Crippen molar-refractivity contribution < 1.29 is 9.53 Å². The highest BCUT2D eigenvalue weighted by molar-refractivity contribution is 5.94. The second-order valence-corrected chi connectivity index (χ2v) is 7.18. The molecule has 2 aliphatic heterocycles. The lowest BCUT2D eigenvalue weighted by Gasteiger charge is -2.38. The Labute approximate surface area is 144 Å². The number of anilines is 1. The highest BCUT2D eigenvalue weighted by atomic mass is 16.5. The zero-order valence-electron chi connectivity index (χ0n) is 15.1. The van der Waals surface area contributed by atoms with Gasteiger partial charge in [0.05, 0.1) is 17.8 Å². The van der Waals surface area contributed by atoms with Crippen LogP contribution < -0.4 is 4.90 Å². The van der Waals surface area contributed by atoms with E-state index >= 15 is 0 Å². The molecule has 0 N–H and O–H groups in total. The van der Waals surface area contributed by atoms with E-state index in [2.05, 4.69) is 42.6 Å². The number of rotatable bonds is 2. The molecule has 3 rings (SSSR count). The first-order valence-electron chi connectivity index (χ1n) is 8.80. The predicted molar refractivity (Wildman–Crippen MR) is 94.5 cm³/mol. The van der Waals surface area contributed by atoms with Crippen LogP contribution in [0.25, 0.3) is 0 Å². The van der Waals surface area contributed by atoms with Gasteiger partial charge in [0.1, 0.15) is 5.82 Å². The van der Waals surface area contributed by atoms with Gasteiger partial charge in [0, 0.05) is 45.0 Å². The molecule has 3 atom stereocenters. The molecule has 132 valence electrons. The van der Waals surface area contributed by atoms with E-state index in [1.807, 2.05) is 17.0 Å². The molecule has 1 aromatic heterocycles. The van der Waals surface area contributed by atoms with Gasteiger partial charge >= 0.3 is 0 Å². The number of ether oxygens (including phenoxy) is 1. The Bertz CT molecular complexity index is 567. The van der Waals surface area contributed by atoms with Gasteiger partial charge in [0.25, 0.3) is 5.91 Å². The van der Waals surface area contributed by atoms with E-state index in [1.165, 1.54) is 0 Å². The van der Waals surface area contributed by atoms with Crippen molar-refractivity contribution in [1.29, 1.82) is 0 Å². The first kappa shape index (κ1) is 17.2. The average molecular weight is 332 g/mol. The van der Waals surface area contributed by atoms with E-state index in [1.54, 1.807) is 6.20 Å². The van der Waals surface area contributed by atoms with Crippen molar-refractivity contribution in [2.45, 2.75) is 39.0 Å². The van der Waals surface area contributed by atoms with Crippen LogP contribution in [0.1, 0.15) is 31.1 Å². The standard InChI is InChI=1S/C18H28N4O2/c1-13-10-20(4)7-8-22(13)18(23)16-5-6-17(19-9-16)21-11-14(2)24-15(3)12-21/h5-6,9,13-15H,7-8,10-12H2,1-4H3/t13-,14-,15-/m1/s1. The van der Waals surface area contributed by atoms with E-state index < -0.39 is 0 Å². The van der Waals surface area contributed by atoms with Crippen LogP contribution in [0, 0.1) is 0 Å². The lowest BCUT2D eigenvalue weighted by atomic mass is 10.1. The third kappa shape index (κ3) is 3.70. The van der Waals surface area contributed by atoms with Crippen molar-refractivity contribution in [2.24, 2.45) is 0 Å². The number of carbonyl (C=O) groups is 1. The summed E-state index contributed by atoms with van der Waals surface area (Å²) in [5, 5.41) is 0. The Balaban J connectivity index is 1.69. The Hall–Kier alpha value is -1.66. The van der Waals surface area contributed by atoms with E-state index in [4.69, 9.17) is 4.74 Å². The fourth-order valence-electron chi connectivity index (χ4n) is 3.67. The molecule has 24 heavy (non-hydrogen) atoms. The van der Waals surface area contributed by atoms with E-state index in [9.17, 15) is 4.79 Å². The molecule has 3 heterocycles. The average Bonchev–Trinajstić information content (AvgIpc) is 2.53. The maximum Gasteiger partial charge on any atom is 0.255 e. The number of nitrogens with zero attached hydrogens (tertiary/aromatic N) is 4. The molecule has 0 saturated carbocycles. The molecule has 2 saturated heterocycles. The molecular weight excluding hydrogens is 304 g/mol. The Morgan fingerprint density at radius 3 is 2.42 bits per heavy atom. The number of pyridine rings is 1. The van der Waals surface area contributed by atoms with Crippen molar-refractivity contribution in [3.63, 3.8) is 0 Å². The largest absolute Gasteiger partial charge is 0.372 e. The molecule has 0 bridgehead atoms. The summed E-state index contributed by atoms with van der Waals surface area (Å²) in [6, 6.07) is 4.09. The summed E-state index contributed by atoms with van der Waals surface area (Å²) in [6.45, 7) is 10.5. The topological polar surface area (TPSA) is 48.9 Å². The number of hydrogen-bond acceptors (Lipinski definition) is 5. The van der Waals surface area contributed by atoms with Gasteiger partial charge in [-0.1, -0.05) is 0 Å². The number of carbonyl (C=O) groups excluding carboxylic acids is 1. The van der Waals surface area contributed by atoms with Crippen molar-refractivity contribution in [1.82, 2.24) is 14.8 Å². The van der Waals surface area contributed by atoms with Crippen LogP contribution in [-0.2, 0) is 4.74 Å². The molecule has 0 unspecified atom stereocenters. The lowest BCUT2D eigenvalue weighted by Crippen LogP contribution is -2.52. The van der Waals surface area contributed by atoms with Crippen LogP contribution in [0.15, 0.2) is 18.3 Å². The Kier molecular flexibility index (Phi) is 5.06. The normalized spacial score (nSPS) is 28.9. The summed E-state index contributed by atoms with van der Waals surface area (Å²) < 4.78 is 5.77. The molecule has 0 spiro atoms. The monoisotopic (exact) mass is 332 g/mol. The van der Waals surface area contributed by atoms with Crippen molar-refractivity contribution in [3.05, 3.63) is 23.9 Å². The Morgan fingerprint density at radius 1 is 1.12 bits per heavy atom. The third-order valence-corrected chi connectivity index (χ3v) is 4.83. The smallest absolute Gasteiger partial charge is 0.255 e. The van der Waals surface area contributed by atoms with Crippen LogP contribution in [0.5, 0.6) is 0 Å². The van der Waals surface area contributed by atoms with Gasteiger partial charge in [-0.15, -0.1) is 0 Å². The minimum Gasteiger partial charge on any atom is -0.372 e. The Morgan fingerprint density at radius 2 is 1.83 bits per heavy atom. The number of morpholine rings is 1. The van der Waals surface area contributed by atoms with Crippen LogP contribution in [0.3, 0.4) is 0 Å². The number of likely N-dealkylation sites (N-methyl/N-ethyl adjacent to an activating group) is 1. The van der Waals surface area contributed by atoms with Gasteiger partial charge in [-0.25, -0.2) is 4.98 Å². The summed E-state index contributed by atoms with van der Waals surface area (Å²) >= 11 is 0. The van der Waals surface area contributed by atoms with Crippen molar-refractivity contribution >= 4 is 11.7 Å². The molecule has 2 fully saturated rings. The zero-order valence-corrected chi connectivity index (χ0v) is 15.1. The van der Waals surface area contributed by atoms with Gasteiger partial charge in [-0.05, 0) is 40.0 Å². The third-order valence-electron chi connectivity index (χ3n) is 4.83. The first-order valence-corrected chi connectivity index (χ1v) is 8.80. The molecule has 6 heteroatoms. The van der Waals surface area contributed by atoms with Crippen LogP contribution in [0.2, 0.25) is 0 Å². The number of piperazine rings is 1. The van der Waals surface area contributed by atoms with E-state index in [-0.39, 0.29) is 24.2 Å². The van der Waals surface area contributed by atoms with Gasteiger partial charge in [-0.3, -0.25) is 4.79 Å². The molecule has 1 aromatic rings.